The van der Waals surface area contributed by atoms with Gasteiger partial charge in [0.05, 0.1) is 9.26 Å². The van der Waals surface area contributed by atoms with Crippen molar-refractivity contribution in [3.63, 3.8) is 0 Å². The van der Waals surface area contributed by atoms with E-state index in [1.807, 2.05) is 0 Å². The Hall–Kier alpha value is 0.1000. The van der Waals surface area contributed by atoms with E-state index in [4.69, 9.17) is 16.6 Å². The monoisotopic (exact) mass is 378 g/mol. The van der Waals surface area contributed by atoms with Crippen LogP contribution in [0.3, 0.4) is 0 Å². The lowest BCUT2D eigenvalue weighted by Crippen LogP contribution is -2.15. The van der Waals surface area contributed by atoms with Gasteiger partial charge in [-0.15, -0.1) is 0 Å². The molecule has 1 aromatic rings. The van der Waals surface area contributed by atoms with Gasteiger partial charge in [0.2, 0.25) is 0 Å². The van der Waals surface area contributed by atoms with Gasteiger partial charge in [-0.3, -0.25) is 0 Å². The molecular formula is C14H20ClIN2. The molecule has 1 heterocycles. The van der Waals surface area contributed by atoms with Crippen LogP contribution in [-0.2, 0) is 0 Å². The Morgan fingerprint density at radius 2 is 1.78 bits per heavy atom. The molecule has 18 heavy (non-hydrogen) atoms. The first-order valence-electron chi connectivity index (χ1n) is 6.71. The highest BCUT2D eigenvalue weighted by Crippen LogP contribution is 2.35. The molecule has 1 aliphatic carbocycles. The Morgan fingerprint density at radius 3 is 2.33 bits per heavy atom. The summed E-state index contributed by atoms with van der Waals surface area (Å²) in [7, 11) is 0. The Morgan fingerprint density at radius 1 is 1.17 bits per heavy atom. The number of hydrogen-bond donors (Lipinski definition) is 0. The van der Waals surface area contributed by atoms with Crippen molar-refractivity contribution in [1.82, 2.24) is 9.97 Å². The van der Waals surface area contributed by atoms with Crippen molar-refractivity contribution >= 4 is 34.2 Å². The molecule has 0 bridgehead atoms. The third-order valence-corrected chi connectivity index (χ3v) is 5.44. The van der Waals surface area contributed by atoms with Crippen molar-refractivity contribution in [2.75, 3.05) is 0 Å². The highest BCUT2D eigenvalue weighted by Gasteiger charge is 2.24. The van der Waals surface area contributed by atoms with Gasteiger partial charge in [0, 0.05) is 5.92 Å². The third-order valence-electron chi connectivity index (χ3n) is 3.78. The molecular weight excluding hydrogens is 359 g/mol. The lowest BCUT2D eigenvalue weighted by molar-refractivity contribution is 0.339. The quantitative estimate of drug-likeness (QED) is 0.525. The first kappa shape index (κ1) is 14.5. The molecule has 0 saturated heterocycles. The number of hydrogen-bond acceptors (Lipinski definition) is 2. The summed E-state index contributed by atoms with van der Waals surface area (Å²) in [6.45, 7) is 6.65. The van der Waals surface area contributed by atoms with Gasteiger partial charge < -0.3 is 0 Å². The summed E-state index contributed by atoms with van der Waals surface area (Å²) in [6, 6.07) is 0. The van der Waals surface area contributed by atoms with Gasteiger partial charge in [0.25, 0.3) is 0 Å². The second kappa shape index (κ2) is 6.04. The summed E-state index contributed by atoms with van der Waals surface area (Å²) >= 11 is 8.51. The van der Waals surface area contributed by atoms with Gasteiger partial charge in [-0.2, -0.15) is 0 Å². The Kier molecular flexibility index (Phi) is 4.86. The fraction of sp³-hybridized carbons (Fsp3) is 0.714. The minimum atomic E-state index is 0.402. The van der Waals surface area contributed by atoms with E-state index in [0.29, 0.717) is 17.0 Å². The van der Waals surface area contributed by atoms with Crippen molar-refractivity contribution in [3.05, 3.63) is 20.2 Å². The molecule has 2 rings (SSSR count). The molecule has 4 heteroatoms. The maximum atomic E-state index is 6.25. The fourth-order valence-corrected chi connectivity index (χ4v) is 3.58. The van der Waals surface area contributed by atoms with Crippen LogP contribution in [-0.4, -0.2) is 9.97 Å². The molecule has 1 aromatic heterocycles. The van der Waals surface area contributed by atoms with E-state index in [-0.39, 0.29) is 0 Å². The molecule has 100 valence electrons. The van der Waals surface area contributed by atoms with Crippen LogP contribution in [0.4, 0.5) is 0 Å². The van der Waals surface area contributed by atoms with E-state index in [1.165, 1.54) is 25.7 Å². The minimum Gasteiger partial charge on any atom is -0.236 e. The summed E-state index contributed by atoms with van der Waals surface area (Å²) < 4.78 is 1.01. The number of nitrogens with zero attached hydrogens (tertiary/aromatic N) is 2. The first-order chi connectivity index (χ1) is 8.49. The molecule has 1 fully saturated rings. The molecule has 0 spiro atoms. The summed E-state index contributed by atoms with van der Waals surface area (Å²) in [5.41, 5.74) is 1.10. The molecule has 2 nitrogen and oxygen atoms in total. The van der Waals surface area contributed by atoms with Gasteiger partial charge in [-0.05, 0) is 47.3 Å². The van der Waals surface area contributed by atoms with Crippen molar-refractivity contribution in [2.45, 2.75) is 58.3 Å². The standard InChI is InChI=1S/C14H20ClIN2/c1-8(2)12-11(16)13(15)18-14(17-12)10-6-4-9(3)5-7-10/h8-10H,4-7H2,1-3H3. The zero-order chi connectivity index (χ0) is 13.3. The van der Waals surface area contributed by atoms with E-state index in [2.05, 4.69) is 48.3 Å². The van der Waals surface area contributed by atoms with E-state index in [0.717, 1.165) is 21.0 Å². The Bertz CT molecular complexity index is 426. The van der Waals surface area contributed by atoms with Crippen LogP contribution in [0.2, 0.25) is 5.15 Å². The van der Waals surface area contributed by atoms with E-state index in [1.54, 1.807) is 0 Å². The van der Waals surface area contributed by atoms with Crippen LogP contribution < -0.4 is 0 Å². The van der Waals surface area contributed by atoms with Crippen molar-refractivity contribution in [1.29, 1.82) is 0 Å². The van der Waals surface area contributed by atoms with Crippen LogP contribution in [0.25, 0.3) is 0 Å². The minimum absolute atomic E-state index is 0.402. The van der Waals surface area contributed by atoms with Gasteiger partial charge in [-0.1, -0.05) is 45.2 Å². The smallest absolute Gasteiger partial charge is 0.146 e. The summed E-state index contributed by atoms with van der Waals surface area (Å²) in [5, 5.41) is 0.628. The molecule has 0 radical (unpaired) electrons. The van der Waals surface area contributed by atoms with Crippen molar-refractivity contribution in [2.24, 2.45) is 5.92 Å². The van der Waals surface area contributed by atoms with Gasteiger partial charge in [-0.25, -0.2) is 9.97 Å². The number of aromatic nitrogens is 2. The zero-order valence-electron chi connectivity index (χ0n) is 11.2. The predicted molar refractivity (Wildman–Crippen MR) is 84.2 cm³/mol. The first-order valence-corrected chi connectivity index (χ1v) is 8.17. The maximum Gasteiger partial charge on any atom is 0.146 e. The average Bonchev–Trinajstić information content (AvgIpc) is 2.33. The SMILES string of the molecule is CC1CCC(c2nc(Cl)c(I)c(C(C)C)n2)CC1. The summed E-state index contributed by atoms with van der Waals surface area (Å²) in [5.74, 6) is 2.73. The maximum absolute atomic E-state index is 6.25. The number of halogens is 2. The van der Waals surface area contributed by atoms with Crippen molar-refractivity contribution < 1.29 is 0 Å². The van der Waals surface area contributed by atoms with E-state index in [9.17, 15) is 0 Å². The number of rotatable bonds is 2. The Balaban J connectivity index is 2.28. The molecule has 0 amide bonds. The topological polar surface area (TPSA) is 25.8 Å². The van der Waals surface area contributed by atoms with E-state index < -0.39 is 0 Å². The van der Waals surface area contributed by atoms with Crippen LogP contribution in [0.5, 0.6) is 0 Å². The summed E-state index contributed by atoms with van der Waals surface area (Å²) in [4.78, 5) is 9.29. The lowest BCUT2D eigenvalue weighted by atomic mass is 9.82. The van der Waals surface area contributed by atoms with Crippen LogP contribution in [0, 0.1) is 9.49 Å². The molecule has 0 aliphatic heterocycles. The lowest BCUT2D eigenvalue weighted by Gasteiger charge is -2.25. The van der Waals surface area contributed by atoms with E-state index >= 15 is 0 Å². The van der Waals surface area contributed by atoms with Crippen LogP contribution in [0.1, 0.15) is 69.8 Å². The summed E-state index contributed by atoms with van der Waals surface area (Å²) in [6.07, 6.45) is 4.98. The molecule has 0 N–H and O–H groups in total. The van der Waals surface area contributed by atoms with Crippen molar-refractivity contribution in [3.8, 4) is 0 Å². The second-order valence-corrected chi connectivity index (χ2v) is 7.12. The van der Waals surface area contributed by atoms with Gasteiger partial charge in [0.15, 0.2) is 0 Å². The fourth-order valence-electron chi connectivity index (χ4n) is 2.54. The van der Waals surface area contributed by atoms with Gasteiger partial charge >= 0.3 is 0 Å². The zero-order valence-corrected chi connectivity index (χ0v) is 14.1. The molecule has 0 unspecified atom stereocenters. The third kappa shape index (κ3) is 3.16. The van der Waals surface area contributed by atoms with Crippen LogP contribution >= 0.6 is 34.2 Å². The molecule has 0 aromatic carbocycles. The Labute approximate surface area is 128 Å². The average molecular weight is 379 g/mol. The molecule has 1 saturated carbocycles. The molecule has 1 aliphatic rings. The second-order valence-electron chi connectivity index (χ2n) is 5.68. The highest BCUT2D eigenvalue weighted by atomic mass is 127. The predicted octanol–water partition coefficient (Wildman–Crippen LogP) is 5.15. The normalized spacial score (nSPS) is 24.6. The highest BCUT2D eigenvalue weighted by molar-refractivity contribution is 14.1. The van der Waals surface area contributed by atoms with Gasteiger partial charge in [0.1, 0.15) is 11.0 Å². The largest absolute Gasteiger partial charge is 0.236 e. The molecule has 0 atom stereocenters. The van der Waals surface area contributed by atoms with Crippen LogP contribution in [0.15, 0.2) is 0 Å².